The number of methoxy groups -OCH3 is 1. The number of rotatable bonds is 6. The maximum Gasteiger partial charge on any atom is 0.109 e. The fourth-order valence-electron chi connectivity index (χ4n) is 3.59. The van der Waals surface area contributed by atoms with E-state index in [4.69, 9.17) is 4.74 Å². The van der Waals surface area contributed by atoms with Gasteiger partial charge in [-0.3, -0.25) is 0 Å². The molecule has 1 atom stereocenters. The highest BCUT2D eigenvalue weighted by molar-refractivity contribution is 5.14. The van der Waals surface area contributed by atoms with Crippen molar-refractivity contribution >= 4 is 0 Å². The molecule has 1 N–H and O–H groups in total. The van der Waals surface area contributed by atoms with Gasteiger partial charge in [-0.25, -0.2) is 0 Å². The van der Waals surface area contributed by atoms with Crippen LogP contribution in [-0.4, -0.2) is 24.4 Å². The van der Waals surface area contributed by atoms with Gasteiger partial charge in [-0.2, -0.15) is 5.26 Å². The van der Waals surface area contributed by atoms with Crippen LogP contribution in [0.1, 0.15) is 59.3 Å². The zero-order valence-corrected chi connectivity index (χ0v) is 12.9. The molecule has 0 aromatic rings. The van der Waals surface area contributed by atoms with Crippen LogP contribution in [-0.2, 0) is 4.74 Å². The van der Waals surface area contributed by atoms with Crippen LogP contribution in [0.15, 0.2) is 0 Å². The molecule has 3 heteroatoms. The third kappa shape index (κ3) is 3.12. The Morgan fingerprint density at radius 1 is 1.42 bits per heavy atom. The van der Waals surface area contributed by atoms with E-state index in [1.54, 1.807) is 7.11 Å². The average Bonchev–Trinajstić information content (AvgIpc) is 2.40. The van der Waals surface area contributed by atoms with Crippen LogP contribution >= 0.6 is 0 Å². The number of nitriles is 1. The Labute approximate surface area is 118 Å². The SMILES string of the molecule is CCCC1CCC(C#N)(C(O)(COC)C(C)C)CC1. The van der Waals surface area contributed by atoms with Crippen LogP contribution in [0.5, 0.6) is 0 Å². The number of ether oxygens (including phenoxy) is 1. The van der Waals surface area contributed by atoms with E-state index in [2.05, 4.69) is 13.0 Å². The molecule has 1 fully saturated rings. The van der Waals surface area contributed by atoms with E-state index in [1.165, 1.54) is 12.8 Å². The van der Waals surface area contributed by atoms with Crippen molar-refractivity contribution in [3.05, 3.63) is 0 Å². The number of hydrogen-bond acceptors (Lipinski definition) is 3. The summed E-state index contributed by atoms with van der Waals surface area (Å²) in [6, 6.07) is 2.46. The quantitative estimate of drug-likeness (QED) is 0.801. The van der Waals surface area contributed by atoms with Gasteiger partial charge >= 0.3 is 0 Å². The van der Waals surface area contributed by atoms with Crippen LogP contribution in [0, 0.1) is 28.6 Å². The lowest BCUT2D eigenvalue weighted by Gasteiger charge is -2.48. The summed E-state index contributed by atoms with van der Waals surface area (Å²) in [4.78, 5) is 0. The zero-order valence-electron chi connectivity index (χ0n) is 12.9. The van der Waals surface area contributed by atoms with Gasteiger partial charge in [0.2, 0.25) is 0 Å². The lowest BCUT2D eigenvalue weighted by Crippen LogP contribution is -2.56. The first-order valence-corrected chi connectivity index (χ1v) is 7.58. The molecule has 0 heterocycles. The van der Waals surface area contributed by atoms with Gasteiger partial charge in [-0.05, 0) is 37.5 Å². The van der Waals surface area contributed by atoms with E-state index in [0.717, 1.165) is 31.6 Å². The molecule has 1 rings (SSSR count). The molecule has 1 unspecified atom stereocenters. The van der Waals surface area contributed by atoms with Crippen molar-refractivity contribution in [1.29, 1.82) is 5.26 Å². The van der Waals surface area contributed by atoms with E-state index in [1.807, 2.05) is 13.8 Å². The van der Waals surface area contributed by atoms with Crippen LogP contribution < -0.4 is 0 Å². The van der Waals surface area contributed by atoms with Crippen molar-refractivity contribution in [2.45, 2.75) is 64.9 Å². The van der Waals surface area contributed by atoms with E-state index in [9.17, 15) is 10.4 Å². The summed E-state index contributed by atoms with van der Waals surface area (Å²) in [5, 5.41) is 20.7. The summed E-state index contributed by atoms with van der Waals surface area (Å²) in [5.74, 6) is 0.750. The fourth-order valence-corrected chi connectivity index (χ4v) is 3.59. The Bertz CT molecular complexity index is 313. The lowest BCUT2D eigenvalue weighted by molar-refractivity contribution is -0.147. The third-order valence-corrected chi connectivity index (χ3v) is 5.02. The molecule has 0 bridgehead atoms. The molecule has 0 spiro atoms. The Morgan fingerprint density at radius 2 is 2.00 bits per heavy atom. The summed E-state index contributed by atoms with van der Waals surface area (Å²) in [5.41, 5.74) is -1.67. The number of hydrogen-bond donors (Lipinski definition) is 1. The molecular weight excluding hydrogens is 238 g/mol. The van der Waals surface area contributed by atoms with Gasteiger partial charge in [0.05, 0.1) is 18.1 Å². The van der Waals surface area contributed by atoms with Crippen LogP contribution in [0.25, 0.3) is 0 Å². The van der Waals surface area contributed by atoms with E-state index in [0.29, 0.717) is 0 Å². The van der Waals surface area contributed by atoms with Gasteiger partial charge in [-0.15, -0.1) is 0 Å². The highest BCUT2D eigenvalue weighted by atomic mass is 16.5. The number of aliphatic hydroxyl groups is 1. The molecule has 0 aromatic carbocycles. The normalized spacial score (nSPS) is 30.9. The number of nitrogens with zero attached hydrogens (tertiary/aromatic N) is 1. The third-order valence-electron chi connectivity index (χ3n) is 5.02. The van der Waals surface area contributed by atoms with Gasteiger partial charge < -0.3 is 9.84 Å². The predicted molar refractivity (Wildman–Crippen MR) is 76.6 cm³/mol. The monoisotopic (exact) mass is 267 g/mol. The Hall–Kier alpha value is -0.590. The van der Waals surface area contributed by atoms with E-state index < -0.39 is 11.0 Å². The van der Waals surface area contributed by atoms with Crippen molar-refractivity contribution in [2.24, 2.45) is 17.3 Å². The highest BCUT2D eigenvalue weighted by Gasteiger charge is 2.54. The molecule has 0 amide bonds. The molecule has 19 heavy (non-hydrogen) atoms. The van der Waals surface area contributed by atoms with Crippen molar-refractivity contribution in [3.63, 3.8) is 0 Å². The minimum atomic E-state index is -1.03. The fraction of sp³-hybridized carbons (Fsp3) is 0.938. The summed E-state index contributed by atoms with van der Waals surface area (Å²) in [6.07, 6.45) is 6.15. The van der Waals surface area contributed by atoms with Gasteiger partial charge in [0.1, 0.15) is 5.60 Å². The molecule has 0 saturated heterocycles. The molecular formula is C16H29NO2. The molecule has 0 aromatic heterocycles. The van der Waals surface area contributed by atoms with Crippen molar-refractivity contribution in [3.8, 4) is 6.07 Å². The summed E-state index contributed by atoms with van der Waals surface area (Å²) in [6.45, 7) is 6.42. The van der Waals surface area contributed by atoms with Gasteiger partial charge in [0.25, 0.3) is 0 Å². The molecule has 1 saturated carbocycles. The first-order chi connectivity index (χ1) is 8.95. The Morgan fingerprint density at radius 3 is 2.37 bits per heavy atom. The average molecular weight is 267 g/mol. The molecule has 3 nitrogen and oxygen atoms in total. The second-order valence-electron chi connectivity index (χ2n) is 6.44. The van der Waals surface area contributed by atoms with Gasteiger partial charge in [0.15, 0.2) is 0 Å². The van der Waals surface area contributed by atoms with Crippen molar-refractivity contribution in [2.75, 3.05) is 13.7 Å². The van der Waals surface area contributed by atoms with Gasteiger partial charge in [-0.1, -0.05) is 33.6 Å². The standard InChI is InChI=1S/C16H29NO2/c1-5-6-14-7-9-15(11-17,10-8-14)16(18,12-19-4)13(2)3/h13-14,18H,5-10,12H2,1-4H3. The minimum absolute atomic E-state index is 0.0230. The Balaban J connectivity index is 2.90. The van der Waals surface area contributed by atoms with Crippen LogP contribution in [0.3, 0.4) is 0 Å². The van der Waals surface area contributed by atoms with Crippen molar-refractivity contribution in [1.82, 2.24) is 0 Å². The molecule has 1 aliphatic rings. The smallest absolute Gasteiger partial charge is 0.109 e. The van der Waals surface area contributed by atoms with E-state index in [-0.39, 0.29) is 12.5 Å². The molecule has 1 aliphatic carbocycles. The summed E-state index contributed by atoms with van der Waals surface area (Å²) in [7, 11) is 1.60. The lowest BCUT2D eigenvalue weighted by atomic mass is 9.58. The second kappa shape index (κ2) is 6.72. The highest BCUT2D eigenvalue weighted by Crippen LogP contribution is 2.49. The summed E-state index contributed by atoms with van der Waals surface area (Å²) >= 11 is 0. The topological polar surface area (TPSA) is 53.2 Å². The molecule has 0 radical (unpaired) electrons. The minimum Gasteiger partial charge on any atom is -0.386 e. The first kappa shape index (κ1) is 16.5. The maximum atomic E-state index is 11.0. The van der Waals surface area contributed by atoms with Gasteiger partial charge in [0, 0.05) is 7.11 Å². The maximum absolute atomic E-state index is 11.0. The largest absolute Gasteiger partial charge is 0.386 e. The molecule has 110 valence electrons. The summed E-state index contributed by atoms with van der Waals surface area (Å²) < 4.78 is 5.22. The first-order valence-electron chi connectivity index (χ1n) is 7.58. The van der Waals surface area contributed by atoms with Crippen LogP contribution in [0.2, 0.25) is 0 Å². The van der Waals surface area contributed by atoms with Crippen LogP contribution in [0.4, 0.5) is 0 Å². The van der Waals surface area contributed by atoms with E-state index >= 15 is 0 Å². The second-order valence-corrected chi connectivity index (χ2v) is 6.44. The zero-order chi connectivity index (χ0) is 14.5. The predicted octanol–water partition coefficient (Wildman–Crippen LogP) is 3.52. The Kier molecular flexibility index (Phi) is 5.82. The molecule has 0 aliphatic heterocycles. The van der Waals surface area contributed by atoms with Crippen molar-refractivity contribution < 1.29 is 9.84 Å².